The number of nitrogens with one attached hydrogen (secondary N) is 1. The molecule has 4 nitrogen and oxygen atoms in total. The summed E-state index contributed by atoms with van der Waals surface area (Å²) < 4.78 is 0. The second-order valence-corrected chi connectivity index (χ2v) is 8.35. The maximum absolute atomic E-state index is 12.9. The zero-order valence-electron chi connectivity index (χ0n) is 17.4. The van der Waals surface area contributed by atoms with Crippen LogP contribution in [-0.4, -0.2) is 23.2 Å². The Morgan fingerprint density at radius 3 is 2.59 bits per heavy atom. The van der Waals surface area contributed by atoms with Crippen molar-refractivity contribution in [3.8, 4) is 0 Å². The van der Waals surface area contributed by atoms with Crippen molar-refractivity contribution in [2.24, 2.45) is 11.8 Å². The number of carbonyl (C=O) groups is 2. The maximum atomic E-state index is 12.9. The van der Waals surface area contributed by atoms with E-state index < -0.39 is 11.6 Å². The van der Waals surface area contributed by atoms with Crippen LogP contribution in [0.2, 0.25) is 0 Å². The highest BCUT2D eigenvalue weighted by atomic mass is 16.3. The minimum atomic E-state index is -0.510. The topological polar surface area (TPSA) is 66.4 Å². The number of aliphatic hydroxyl groups excluding tert-OH is 1. The van der Waals surface area contributed by atoms with Crippen molar-refractivity contribution in [1.82, 2.24) is 5.32 Å². The average Bonchev–Trinajstić information content (AvgIpc) is 2.61. The molecule has 1 unspecified atom stereocenters. The van der Waals surface area contributed by atoms with Crippen molar-refractivity contribution < 1.29 is 14.7 Å². The second-order valence-electron chi connectivity index (χ2n) is 8.35. The van der Waals surface area contributed by atoms with E-state index in [-0.39, 0.29) is 11.7 Å². The smallest absolute Gasteiger partial charge is 0.233 e. The lowest BCUT2D eigenvalue weighted by Crippen LogP contribution is -2.34. The lowest BCUT2D eigenvalue weighted by Gasteiger charge is -2.28. The molecule has 0 aromatic rings. The van der Waals surface area contributed by atoms with Crippen LogP contribution < -0.4 is 5.32 Å². The highest BCUT2D eigenvalue weighted by Gasteiger charge is 2.38. The maximum Gasteiger partial charge on any atom is 0.233 e. The van der Waals surface area contributed by atoms with E-state index in [1.165, 1.54) is 5.57 Å². The summed E-state index contributed by atoms with van der Waals surface area (Å²) in [6.07, 6.45) is 9.24. The molecule has 1 atom stereocenters. The summed E-state index contributed by atoms with van der Waals surface area (Å²) in [4.78, 5) is 25.7. The molecule has 0 fully saturated rings. The Kier molecular flexibility index (Phi) is 7.88. The molecule has 0 saturated heterocycles. The van der Waals surface area contributed by atoms with Gasteiger partial charge in [-0.3, -0.25) is 9.59 Å². The highest BCUT2D eigenvalue weighted by Crippen LogP contribution is 2.36. The number of aliphatic hydroxyl groups is 1. The summed E-state index contributed by atoms with van der Waals surface area (Å²) in [7, 11) is 0. The van der Waals surface area contributed by atoms with Gasteiger partial charge in [0.05, 0.1) is 11.3 Å². The SMILES string of the molecule is CCCCCC1=C(NCCC(C)C)C(O)=C(C2C=C(C)CCC2)C(=O)C1=O. The molecule has 0 bridgehead atoms. The lowest BCUT2D eigenvalue weighted by molar-refractivity contribution is -0.133. The normalized spacial score (nSPS) is 21.2. The monoisotopic (exact) mass is 373 g/mol. The Morgan fingerprint density at radius 2 is 1.96 bits per heavy atom. The molecule has 0 spiro atoms. The first kappa shape index (κ1) is 21.5. The molecule has 150 valence electrons. The summed E-state index contributed by atoms with van der Waals surface area (Å²) in [5, 5.41) is 14.3. The summed E-state index contributed by atoms with van der Waals surface area (Å²) in [6.45, 7) is 9.13. The van der Waals surface area contributed by atoms with Crippen molar-refractivity contribution in [2.75, 3.05) is 6.54 Å². The zero-order chi connectivity index (χ0) is 20.0. The predicted molar refractivity (Wildman–Crippen MR) is 109 cm³/mol. The molecule has 0 aromatic carbocycles. The number of carbonyl (C=O) groups excluding carboxylic acids is 2. The Hall–Kier alpha value is -1.84. The molecule has 0 aromatic heterocycles. The number of ketones is 2. The fraction of sp³-hybridized carbons (Fsp3) is 0.652. The Balaban J connectivity index is 2.40. The van der Waals surface area contributed by atoms with Gasteiger partial charge in [-0.2, -0.15) is 0 Å². The van der Waals surface area contributed by atoms with Crippen LogP contribution in [0.1, 0.15) is 79.1 Å². The third-order valence-electron chi connectivity index (χ3n) is 5.52. The van der Waals surface area contributed by atoms with Crippen LogP contribution in [-0.2, 0) is 9.59 Å². The predicted octanol–water partition coefficient (Wildman–Crippen LogP) is 5.17. The standard InChI is InChI=1S/C23H35NO3/c1-5-6-7-11-18-20(24-13-12-15(2)3)22(26)19(23(27)21(18)25)17-10-8-9-16(4)14-17/h14-15,17,24,26H,5-13H2,1-4H3. The third kappa shape index (κ3) is 5.33. The number of unbranched alkanes of at least 4 members (excludes halogenated alkanes) is 2. The number of rotatable bonds is 9. The summed E-state index contributed by atoms with van der Waals surface area (Å²) in [5.41, 5.74) is 2.49. The van der Waals surface area contributed by atoms with Crippen molar-refractivity contribution in [3.05, 3.63) is 34.3 Å². The molecule has 0 saturated carbocycles. The van der Waals surface area contributed by atoms with Gasteiger partial charge in [0.25, 0.3) is 0 Å². The van der Waals surface area contributed by atoms with E-state index in [1.807, 2.05) is 13.0 Å². The molecule has 0 aliphatic heterocycles. The van der Waals surface area contributed by atoms with E-state index >= 15 is 0 Å². The Morgan fingerprint density at radius 1 is 1.22 bits per heavy atom. The zero-order valence-corrected chi connectivity index (χ0v) is 17.4. The largest absolute Gasteiger partial charge is 0.505 e. The molecule has 2 N–H and O–H groups in total. The molecule has 2 rings (SSSR count). The van der Waals surface area contributed by atoms with E-state index in [4.69, 9.17) is 0 Å². The van der Waals surface area contributed by atoms with Crippen molar-refractivity contribution in [2.45, 2.75) is 79.1 Å². The van der Waals surface area contributed by atoms with Crippen LogP contribution in [0.5, 0.6) is 0 Å². The van der Waals surface area contributed by atoms with E-state index in [0.717, 1.165) is 44.9 Å². The minimum absolute atomic E-state index is 0.00537. The van der Waals surface area contributed by atoms with E-state index in [0.29, 0.717) is 35.7 Å². The quantitative estimate of drug-likeness (QED) is 0.253. The first-order valence-electron chi connectivity index (χ1n) is 10.5. The average molecular weight is 374 g/mol. The van der Waals surface area contributed by atoms with Gasteiger partial charge in [-0.1, -0.05) is 45.3 Å². The fourth-order valence-electron chi connectivity index (χ4n) is 3.91. The van der Waals surface area contributed by atoms with Gasteiger partial charge < -0.3 is 10.4 Å². The van der Waals surface area contributed by atoms with Gasteiger partial charge in [0.2, 0.25) is 11.6 Å². The minimum Gasteiger partial charge on any atom is -0.505 e. The molecular formula is C23H35NO3. The lowest BCUT2D eigenvalue weighted by atomic mass is 9.78. The van der Waals surface area contributed by atoms with Crippen LogP contribution in [0.15, 0.2) is 34.3 Å². The van der Waals surface area contributed by atoms with E-state index in [2.05, 4.69) is 26.1 Å². The number of hydrogen-bond donors (Lipinski definition) is 2. The number of allylic oxidation sites excluding steroid dienone is 4. The van der Waals surface area contributed by atoms with Crippen LogP contribution >= 0.6 is 0 Å². The van der Waals surface area contributed by atoms with E-state index in [1.54, 1.807) is 0 Å². The fourth-order valence-corrected chi connectivity index (χ4v) is 3.91. The number of hydrogen-bond acceptors (Lipinski definition) is 4. The third-order valence-corrected chi connectivity index (χ3v) is 5.52. The summed E-state index contributed by atoms with van der Waals surface area (Å²) in [6, 6.07) is 0. The Bertz CT molecular complexity index is 667. The van der Waals surface area contributed by atoms with Gasteiger partial charge in [0, 0.05) is 18.0 Å². The molecule has 2 aliphatic carbocycles. The van der Waals surface area contributed by atoms with Crippen molar-refractivity contribution in [1.29, 1.82) is 0 Å². The van der Waals surface area contributed by atoms with Crippen LogP contribution in [0, 0.1) is 11.8 Å². The molecule has 0 heterocycles. The van der Waals surface area contributed by atoms with Gasteiger partial charge in [-0.25, -0.2) is 0 Å². The van der Waals surface area contributed by atoms with Crippen molar-refractivity contribution in [3.63, 3.8) is 0 Å². The Labute approximate surface area is 163 Å². The van der Waals surface area contributed by atoms with E-state index in [9.17, 15) is 14.7 Å². The van der Waals surface area contributed by atoms with Crippen LogP contribution in [0.4, 0.5) is 0 Å². The highest BCUT2D eigenvalue weighted by molar-refractivity contribution is 6.50. The molecule has 0 radical (unpaired) electrons. The second kappa shape index (κ2) is 9.91. The molecule has 2 aliphatic rings. The number of Topliss-reactive ketones (excluding diaryl/α,β-unsaturated/α-hetero) is 2. The molecule has 0 amide bonds. The van der Waals surface area contributed by atoms with Gasteiger partial charge in [-0.15, -0.1) is 0 Å². The van der Waals surface area contributed by atoms with Gasteiger partial charge in [0.1, 0.15) is 5.76 Å². The van der Waals surface area contributed by atoms with Crippen molar-refractivity contribution >= 4 is 11.6 Å². The summed E-state index contributed by atoms with van der Waals surface area (Å²) in [5.74, 6) is -0.566. The first-order chi connectivity index (χ1) is 12.9. The van der Waals surface area contributed by atoms with Crippen LogP contribution in [0.3, 0.4) is 0 Å². The van der Waals surface area contributed by atoms with Crippen LogP contribution in [0.25, 0.3) is 0 Å². The van der Waals surface area contributed by atoms with Gasteiger partial charge in [0.15, 0.2) is 0 Å². The van der Waals surface area contributed by atoms with Gasteiger partial charge in [-0.05, 0) is 51.4 Å². The molecule has 27 heavy (non-hydrogen) atoms. The molecule has 4 heteroatoms. The summed E-state index contributed by atoms with van der Waals surface area (Å²) >= 11 is 0. The molecular weight excluding hydrogens is 338 g/mol. The van der Waals surface area contributed by atoms with Gasteiger partial charge >= 0.3 is 0 Å². The first-order valence-corrected chi connectivity index (χ1v) is 10.5.